The second-order valence-corrected chi connectivity index (χ2v) is 12.5. The number of nitrogens with zero attached hydrogens (tertiary/aromatic N) is 4. The number of benzene rings is 2. The first kappa shape index (κ1) is 33.6. The first-order valence-electron chi connectivity index (χ1n) is 16.3. The molecule has 1 fully saturated rings. The Morgan fingerprint density at radius 1 is 1.04 bits per heavy atom. The van der Waals surface area contributed by atoms with Crippen LogP contribution in [0.4, 0.5) is 13.2 Å². The fourth-order valence-electron chi connectivity index (χ4n) is 6.92. The lowest BCUT2D eigenvalue weighted by molar-refractivity contribution is -0.274. The zero-order valence-corrected chi connectivity index (χ0v) is 27.4. The van der Waals surface area contributed by atoms with E-state index in [1.54, 1.807) is 19.2 Å². The van der Waals surface area contributed by atoms with Gasteiger partial charge in [0.2, 0.25) is 23.2 Å². The van der Waals surface area contributed by atoms with Crippen molar-refractivity contribution < 1.29 is 42.0 Å². The van der Waals surface area contributed by atoms with Crippen molar-refractivity contribution in [3.63, 3.8) is 0 Å². The normalized spacial score (nSPS) is 17.7. The molecule has 50 heavy (non-hydrogen) atoms. The number of ether oxygens (including phenoxy) is 3. The van der Waals surface area contributed by atoms with Crippen molar-refractivity contribution in [2.24, 2.45) is 0 Å². The lowest BCUT2D eigenvalue weighted by Crippen LogP contribution is -2.24. The predicted octanol–water partition coefficient (Wildman–Crippen LogP) is 5.56. The summed E-state index contributed by atoms with van der Waals surface area (Å²) in [6, 6.07) is 15.2. The largest absolute Gasteiger partial charge is 0.573 e. The number of hydrogen-bond acceptors (Lipinski definition) is 10. The monoisotopic (exact) mass is 692 g/mol. The molecule has 2 atom stereocenters. The van der Waals surface area contributed by atoms with E-state index in [4.69, 9.17) is 13.9 Å². The smallest absolute Gasteiger partial charge is 0.481 e. The van der Waals surface area contributed by atoms with Crippen molar-refractivity contribution in [1.82, 2.24) is 19.4 Å². The summed E-state index contributed by atoms with van der Waals surface area (Å²) in [5.41, 5.74) is 4.61. The van der Waals surface area contributed by atoms with Gasteiger partial charge in [0.1, 0.15) is 6.10 Å². The van der Waals surface area contributed by atoms with Gasteiger partial charge in [-0.3, -0.25) is 9.69 Å². The Balaban J connectivity index is 1.19. The fourth-order valence-corrected chi connectivity index (χ4v) is 6.92. The number of likely N-dealkylation sites (tertiary alicyclic amines) is 1. The fraction of sp³-hybridized carbons (Fsp3) is 0.361. The average Bonchev–Trinajstić information content (AvgIpc) is 3.82. The van der Waals surface area contributed by atoms with Gasteiger partial charge in [0.05, 0.1) is 26.0 Å². The third-order valence-corrected chi connectivity index (χ3v) is 9.24. The maximum Gasteiger partial charge on any atom is 0.573 e. The molecular formula is C36H35F3N4O7. The highest BCUT2D eigenvalue weighted by atomic mass is 19.4. The van der Waals surface area contributed by atoms with E-state index in [-0.39, 0.29) is 30.2 Å². The number of halogens is 3. The van der Waals surface area contributed by atoms with Gasteiger partial charge < -0.3 is 33.4 Å². The minimum Gasteiger partial charge on any atom is -0.481 e. The maximum atomic E-state index is 13.3. The van der Waals surface area contributed by atoms with Crippen LogP contribution in [0.1, 0.15) is 41.2 Å². The molecule has 1 saturated heterocycles. The topological polar surface area (TPSA) is 132 Å². The van der Waals surface area contributed by atoms with E-state index in [0.29, 0.717) is 30.4 Å². The molecule has 5 aromatic rings. The number of β-amino-alcohol motifs (C(OH)–C–C–N with tert-alkyl or cyclic N) is 1. The molecule has 0 unspecified atom stereocenters. The van der Waals surface area contributed by atoms with Crippen LogP contribution in [0, 0.1) is 6.92 Å². The van der Waals surface area contributed by atoms with E-state index in [9.17, 15) is 28.2 Å². The zero-order valence-electron chi connectivity index (χ0n) is 27.4. The molecule has 4 heterocycles. The molecule has 0 amide bonds. The molecule has 1 aliphatic heterocycles. The standard InChI is InChI=1S/C36H35F3N4O7/c1-20-23(5-3-6-24(20)34-41-31-32(49-34)29(50-36(37,38)39)19-43(15-16-44)35(31)46)25-7-4-8-27-26(25)10-11-28(27)48-30-12-9-21(33(40-30)47-2)17-42-14-13-22(45)18-42/h3-9,12,19,22,28,44-45H,10-11,13-18H2,1-2H3/t22-,28+/m1/s1. The number of aliphatic hydroxyl groups is 2. The van der Waals surface area contributed by atoms with Crippen molar-refractivity contribution >= 4 is 11.1 Å². The number of fused-ring (bicyclic) bond motifs is 2. The minimum atomic E-state index is -5.05. The van der Waals surface area contributed by atoms with E-state index in [1.165, 1.54) is 0 Å². The highest BCUT2D eigenvalue weighted by molar-refractivity contribution is 5.83. The van der Waals surface area contributed by atoms with Gasteiger partial charge in [0, 0.05) is 43.4 Å². The summed E-state index contributed by atoms with van der Waals surface area (Å²) in [7, 11) is 1.57. The SMILES string of the molecule is COc1nc(O[C@H]2CCc3c(-c4cccc(-c5nc6c(=O)n(CCO)cc(OC(F)(F)F)c6o5)c4C)cccc32)ccc1CN1CC[C@@H](O)C1. The summed E-state index contributed by atoms with van der Waals surface area (Å²) in [4.78, 5) is 24.1. The van der Waals surface area contributed by atoms with Gasteiger partial charge in [-0.15, -0.1) is 13.2 Å². The summed E-state index contributed by atoms with van der Waals surface area (Å²) in [5, 5.41) is 19.2. The van der Waals surface area contributed by atoms with E-state index < -0.39 is 29.9 Å². The third kappa shape index (κ3) is 6.53. The number of aromatic nitrogens is 3. The Labute approximate surface area is 284 Å². The van der Waals surface area contributed by atoms with Crippen molar-refractivity contribution in [3.05, 3.63) is 87.3 Å². The third-order valence-electron chi connectivity index (χ3n) is 9.24. The van der Waals surface area contributed by atoms with Crippen LogP contribution in [0.25, 0.3) is 33.7 Å². The van der Waals surface area contributed by atoms with Gasteiger partial charge in [-0.2, -0.15) is 4.98 Å². The molecule has 7 rings (SSSR count). The van der Waals surface area contributed by atoms with Crippen LogP contribution in [0.5, 0.6) is 17.5 Å². The van der Waals surface area contributed by atoms with E-state index in [0.717, 1.165) is 70.0 Å². The van der Waals surface area contributed by atoms with Crippen LogP contribution in [-0.4, -0.2) is 68.9 Å². The van der Waals surface area contributed by atoms with Crippen LogP contribution < -0.4 is 19.8 Å². The first-order chi connectivity index (χ1) is 24.0. The average molecular weight is 693 g/mol. The number of pyridine rings is 2. The Morgan fingerprint density at radius 2 is 1.82 bits per heavy atom. The number of alkyl halides is 3. The number of oxazole rings is 1. The summed E-state index contributed by atoms with van der Waals surface area (Å²) in [5.74, 6) is 0.153. The van der Waals surface area contributed by atoms with Crippen LogP contribution in [0.3, 0.4) is 0 Å². The molecule has 0 saturated carbocycles. The van der Waals surface area contributed by atoms with Gasteiger partial charge in [-0.1, -0.05) is 30.3 Å². The molecule has 2 aromatic carbocycles. The van der Waals surface area contributed by atoms with Crippen LogP contribution in [0.2, 0.25) is 0 Å². The first-order valence-corrected chi connectivity index (χ1v) is 16.3. The van der Waals surface area contributed by atoms with E-state index >= 15 is 0 Å². The number of methoxy groups -OCH3 is 1. The van der Waals surface area contributed by atoms with Gasteiger partial charge >= 0.3 is 6.36 Å². The van der Waals surface area contributed by atoms with Crippen molar-refractivity contribution in [1.29, 1.82) is 0 Å². The van der Waals surface area contributed by atoms with E-state index in [2.05, 4.69) is 19.6 Å². The van der Waals surface area contributed by atoms with Crippen molar-refractivity contribution in [2.75, 3.05) is 26.8 Å². The Bertz CT molecular complexity index is 2110. The molecule has 3 aromatic heterocycles. The van der Waals surface area contributed by atoms with Gasteiger partial charge in [0.25, 0.3) is 5.56 Å². The lowest BCUT2D eigenvalue weighted by atomic mass is 9.91. The molecule has 0 radical (unpaired) electrons. The molecule has 262 valence electrons. The zero-order chi connectivity index (χ0) is 35.2. The van der Waals surface area contributed by atoms with Crippen LogP contribution >= 0.6 is 0 Å². The Morgan fingerprint density at radius 3 is 2.56 bits per heavy atom. The summed E-state index contributed by atoms with van der Waals surface area (Å²) in [6.07, 6.45) is -2.56. The molecule has 0 spiro atoms. The highest BCUT2D eigenvalue weighted by Crippen LogP contribution is 2.43. The summed E-state index contributed by atoms with van der Waals surface area (Å²) >= 11 is 0. The molecule has 14 heteroatoms. The van der Waals surface area contributed by atoms with Crippen molar-refractivity contribution in [2.45, 2.75) is 57.8 Å². The minimum absolute atomic E-state index is 0.0385. The number of hydrogen-bond donors (Lipinski definition) is 2. The van der Waals surface area contributed by atoms with Gasteiger partial charge in [0.15, 0.2) is 11.3 Å². The van der Waals surface area contributed by atoms with Crippen LogP contribution in [-0.2, 0) is 19.5 Å². The summed E-state index contributed by atoms with van der Waals surface area (Å²) in [6.45, 7) is 3.19. The summed E-state index contributed by atoms with van der Waals surface area (Å²) < 4.78 is 62.7. The maximum absolute atomic E-state index is 13.3. The molecule has 1 aliphatic carbocycles. The Kier molecular flexibility index (Phi) is 9.01. The molecule has 2 aliphatic rings. The second kappa shape index (κ2) is 13.4. The van der Waals surface area contributed by atoms with Gasteiger partial charge in [-0.25, -0.2) is 4.98 Å². The molecule has 11 nitrogen and oxygen atoms in total. The predicted molar refractivity (Wildman–Crippen MR) is 176 cm³/mol. The lowest BCUT2D eigenvalue weighted by Gasteiger charge is -2.19. The van der Waals surface area contributed by atoms with Crippen molar-refractivity contribution in [3.8, 4) is 40.1 Å². The number of rotatable bonds is 10. The van der Waals surface area contributed by atoms with E-state index in [1.807, 2.05) is 43.3 Å². The molecule has 2 N–H and O–H groups in total. The van der Waals surface area contributed by atoms with Gasteiger partial charge in [-0.05, 0) is 66.1 Å². The second-order valence-electron chi connectivity index (χ2n) is 12.5. The molecule has 0 bridgehead atoms. The number of aliphatic hydroxyl groups excluding tert-OH is 2. The Hall–Kier alpha value is -4.92. The van der Waals surface area contributed by atoms with Crippen LogP contribution in [0.15, 0.2) is 63.9 Å². The highest BCUT2D eigenvalue weighted by Gasteiger charge is 2.34. The quantitative estimate of drug-likeness (QED) is 0.192. The molecular weight excluding hydrogens is 657 g/mol.